The number of likely N-dealkylation sites (tertiary alicyclic amines) is 1. The maximum absolute atomic E-state index is 13.3. The van der Waals surface area contributed by atoms with Gasteiger partial charge >= 0.3 is 0 Å². The number of amides is 2. The van der Waals surface area contributed by atoms with E-state index in [1.165, 1.54) is 32.1 Å². The van der Waals surface area contributed by atoms with E-state index >= 15 is 0 Å². The van der Waals surface area contributed by atoms with Crippen LogP contribution in [0.2, 0.25) is 0 Å². The molecule has 1 aromatic heterocycles. The molecule has 32 heavy (non-hydrogen) atoms. The fourth-order valence-corrected chi connectivity index (χ4v) is 5.55. The number of hydrogen-bond acceptors (Lipinski definition) is 5. The molecule has 0 radical (unpaired) electrons. The summed E-state index contributed by atoms with van der Waals surface area (Å²) >= 11 is 0. The standard InChI is InChI=1S/C23H35N5O2.2ClH/c1-15-10-17(13-26-20(15)25)14-27-22(30)23-12-18(23)8-5-9-28(23)21(29)19(24)11-16-6-3-2-4-7-16;;/h10,13,16,18-19H,2-9,11-12,14,24H2,1H3,(H2,25,26)(H,27,30);2*1H/t18-,19-,23+;;/m1../s1. The maximum Gasteiger partial charge on any atom is 0.246 e. The van der Waals surface area contributed by atoms with Gasteiger partial charge in [0.1, 0.15) is 11.4 Å². The van der Waals surface area contributed by atoms with Gasteiger partial charge < -0.3 is 21.7 Å². The van der Waals surface area contributed by atoms with Crippen LogP contribution in [-0.4, -0.2) is 39.8 Å². The van der Waals surface area contributed by atoms with E-state index in [0.29, 0.717) is 24.8 Å². The number of nitrogens with zero attached hydrogens (tertiary/aromatic N) is 2. The highest BCUT2D eigenvalue weighted by molar-refractivity contribution is 5.96. The van der Waals surface area contributed by atoms with Crippen molar-refractivity contribution < 1.29 is 9.59 Å². The number of carbonyl (C=O) groups is 2. The molecule has 0 spiro atoms. The second kappa shape index (κ2) is 11.0. The summed E-state index contributed by atoms with van der Waals surface area (Å²) in [5.74, 6) is 1.21. The van der Waals surface area contributed by atoms with E-state index < -0.39 is 11.6 Å². The number of anilines is 1. The molecule has 0 unspecified atom stereocenters. The Labute approximate surface area is 203 Å². The molecule has 0 aromatic carbocycles. The van der Waals surface area contributed by atoms with Crippen LogP contribution < -0.4 is 16.8 Å². The highest BCUT2D eigenvalue weighted by Gasteiger charge is 2.66. The number of rotatable bonds is 6. The molecule has 180 valence electrons. The van der Waals surface area contributed by atoms with Gasteiger partial charge in [0.2, 0.25) is 11.8 Å². The fourth-order valence-electron chi connectivity index (χ4n) is 5.55. The molecule has 5 N–H and O–H groups in total. The minimum atomic E-state index is -0.699. The Hall–Kier alpha value is -1.57. The lowest BCUT2D eigenvalue weighted by molar-refractivity contribution is -0.145. The quantitative estimate of drug-likeness (QED) is 0.572. The number of pyridine rings is 1. The number of carbonyl (C=O) groups excluding carboxylic acids is 2. The fraction of sp³-hybridized carbons (Fsp3) is 0.696. The first kappa shape index (κ1) is 26.7. The molecule has 2 heterocycles. The van der Waals surface area contributed by atoms with E-state index in [4.69, 9.17) is 11.5 Å². The number of nitrogen functional groups attached to an aromatic ring is 1. The minimum Gasteiger partial charge on any atom is -0.383 e. The minimum absolute atomic E-state index is 0. The third-order valence-corrected chi connectivity index (χ3v) is 7.41. The van der Waals surface area contributed by atoms with Gasteiger partial charge in [-0.3, -0.25) is 9.59 Å². The second-order valence-corrected chi connectivity index (χ2v) is 9.53. The molecule has 4 rings (SSSR count). The summed E-state index contributed by atoms with van der Waals surface area (Å²) in [6, 6.07) is 1.44. The molecule has 1 aliphatic heterocycles. The number of halogens is 2. The average Bonchev–Trinajstić information content (AvgIpc) is 3.50. The lowest BCUT2D eigenvalue weighted by Gasteiger charge is -2.37. The lowest BCUT2D eigenvalue weighted by Crippen LogP contribution is -2.58. The van der Waals surface area contributed by atoms with E-state index in [0.717, 1.165) is 36.8 Å². The van der Waals surface area contributed by atoms with Crippen molar-refractivity contribution in [3.8, 4) is 0 Å². The SMILES string of the molecule is Cc1cc(CNC(=O)[C@]23C[C@H]2CCCN3C(=O)[C@H](N)CC2CCCCC2)cnc1N.Cl.Cl. The van der Waals surface area contributed by atoms with Gasteiger partial charge in [0.15, 0.2) is 0 Å². The van der Waals surface area contributed by atoms with Crippen LogP contribution in [-0.2, 0) is 16.1 Å². The molecule has 3 fully saturated rings. The summed E-state index contributed by atoms with van der Waals surface area (Å²) in [6.45, 7) is 2.92. The van der Waals surface area contributed by atoms with Gasteiger partial charge in [-0.1, -0.05) is 32.1 Å². The van der Waals surface area contributed by atoms with Gasteiger partial charge in [-0.15, -0.1) is 24.8 Å². The summed E-state index contributed by atoms with van der Waals surface area (Å²) in [6.07, 6.45) is 11.2. The van der Waals surface area contributed by atoms with E-state index in [1.807, 2.05) is 17.9 Å². The number of nitrogens with two attached hydrogens (primary N) is 2. The normalized spacial score (nSPS) is 25.6. The topological polar surface area (TPSA) is 114 Å². The smallest absolute Gasteiger partial charge is 0.246 e. The van der Waals surface area contributed by atoms with Crippen molar-refractivity contribution in [2.45, 2.75) is 82.8 Å². The highest BCUT2D eigenvalue weighted by atomic mass is 35.5. The van der Waals surface area contributed by atoms with Crippen LogP contribution in [0.25, 0.3) is 0 Å². The second-order valence-electron chi connectivity index (χ2n) is 9.53. The number of hydrogen-bond donors (Lipinski definition) is 3. The van der Waals surface area contributed by atoms with Crippen molar-refractivity contribution in [1.29, 1.82) is 0 Å². The van der Waals surface area contributed by atoms with E-state index in [2.05, 4.69) is 10.3 Å². The number of fused-ring (bicyclic) bond motifs is 1. The van der Waals surface area contributed by atoms with Crippen LogP contribution in [0.15, 0.2) is 12.3 Å². The van der Waals surface area contributed by atoms with Crippen LogP contribution in [0.4, 0.5) is 5.82 Å². The summed E-state index contributed by atoms with van der Waals surface area (Å²) in [7, 11) is 0. The maximum atomic E-state index is 13.3. The monoisotopic (exact) mass is 485 g/mol. The third-order valence-electron chi connectivity index (χ3n) is 7.41. The largest absolute Gasteiger partial charge is 0.383 e. The Morgan fingerprint density at radius 1 is 1.22 bits per heavy atom. The Morgan fingerprint density at radius 2 is 1.94 bits per heavy atom. The zero-order chi connectivity index (χ0) is 21.3. The molecule has 9 heteroatoms. The molecule has 1 saturated heterocycles. The molecule has 3 aliphatic rings. The first-order chi connectivity index (χ1) is 14.4. The van der Waals surface area contributed by atoms with Crippen LogP contribution >= 0.6 is 24.8 Å². The summed E-state index contributed by atoms with van der Waals surface area (Å²) in [5.41, 5.74) is 13.3. The van der Waals surface area contributed by atoms with Crippen molar-refractivity contribution >= 4 is 42.4 Å². The average molecular weight is 486 g/mol. The van der Waals surface area contributed by atoms with Gasteiger partial charge in [0.05, 0.1) is 6.04 Å². The van der Waals surface area contributed by atoms with Gasteiger partial charge in [-0.25, -0.2) is 4.98 Å². The summed E-state index contributed by atoms with van der Waals surface area (Å²) < 4.78 is 0. The van der Waals surface area contributed by atoms with Crippen molar-refractivity contribution in [3.63, 3.8) is 0 Å². The highest BCUT2D eigenvalue weighted by Crippen LogP contribution is 2.54. The van der Waals surface area contributed by atoms with Crippen molar-refractivity contribution in [2.75, 3.05) is 12.3 Å². The number of piperidine rings is 1. The molecule has 2 amide bonds. The van der Waals surface area contributed by atoms with Crippen molar-refractivity contribution in [2.24, 2.45) is 17.6 Å². The lowest BCUT2D eigenvalue weighted by atomic mass is 9.84. The third kappa shape index (κ3) is 5.32. The van der Waals surface area contributed by atoms with Crippen LogP contribution in [0.1, 0.15) is 68.9 Å². The Bertz CT molecular complexity index is 818. The van der Waals surface area contributed by atoms with Crippen LogP contribution in [0, 0.1) is 18.8 Å². The number of nitrogens with one attached hydrogen (secondary N) is 1. The van der Waals surface area contributed by atoms with Gasteiger partial charge in [0.25, 0.3) is 0 Å². The molecule has 7 nitrogen and oxygen atoms in total. The molecule has 2 saturated carbocycles. The van der Waals surface area contributed by atoms with Gasteiger partial charge in [-0.05, 0) is 61.6 Å². The Morgan fingerprint density at radius 3 is 2.62 bits per heavy atom. The van der Waals surface area contributed by atoms with E-state index in [-0.39, 0.29) is 42.5 Å². The molecule has 0 bridgehead atoms. The number of aryl methyl sites for hydroxylation is 1. The van der Waals surface area contributed by atoms with Crippen LogP contribution in [0.5, 0.6) is 0 Å². The zero-order valence-electron chi connectivity index (χ0n) is 18.8. The zero-order valence-corrected chi connectivity index (χ0v) is 20.5. The predicted molar refractivity (Wildman–Crippen MR) is 131 cm³/mol. The molecule has 1 aromatic rings. The van der Waals surface area contributed by atoms with E-state index in [9.17, 15) is 9.59 Å². The molecular weight excluding hydrogens is 449 g/mol. The summed E-state index contributed by atoms with van der Waals surface area (Å²) in [5, 5.41) is 3.05. The Kier molecular flexibility index (Phi) is 9.20. The van der Waals surface area contributed by atoms with Gasteiger partial charge in [-0.2, -0.15) is 0 Å². The first-order valence-electron chi connectivity index (χ1n) is 11.5. The molecule has 3 atom stereocenters. The molecular formula is C23H37Cl2N5O2. The first-order valence-corrected chi connectivity index (χ1v) is 11.5. The predicted octanol–water partition coefficient (Wildman–Crippen LogP) is 3.11. The van der Waals surface area contributed by atoms with Gasteiger partial charge in [0, 0.05) is 19.3 Å². The summed E-state index contributed by atoms with van der Waals surface area (Å²) in [4.78, 5) is 32.5. The molecule has 2 aliphatic carbocycles. The van der Waals surface area contributed by atoms with Crippen molar-refractivity contribution in [3.05, 3.63) is 23.4 Å². The van der Waals surface area contributed by atoms with E-state index in [1.54, 1.807) is 6.20 Å². The number of aromatic nitrogens is 1. The van der Waals surface area contributed by atoms with Crippen LogP contribution in [0.3, 0.4) is 0 Å². The van der Waals surface area contributed by atoms with Crippen molar-refractivity contribution in [1.82, 2.24) is 15.2 Å². The Balaban J connectivity index is 0.00000181.